The van der Waals surface area contributed by atoms with Crippen LogP contribution in [0, 0.1) is 28.9 Å². The maximum atomic E-state index is 15.5. The number of hydrogen-bond donors (Lipinski definition) is 2. The van der Waals surface area contributed by atoms with Crippen molar-refractivity contribution in [2.45, 2.75) is 37.6 Å². The molecule has 3 N–H and O–H groups in total. The summed E-state index contributed by atoms with van der Waals surface area (Å²) in [5.41, 5.74) is 7.79. The molecular weight excluding hydrogens is 514 g/mol. The van der Waals surface area contributed by atoms with Crippen molar-refractivity contribution >= 4 is 22.8 Å². The van der Waals surface area contributed by atoms with Crippen molar-refractivity contribution in [3.8, 4) is 17.3 Å². The molecule has 2 aliphatic heterocycles. The zero-order chi connectivity index (χ0) is 27.9. The molecule has 0 amide bonds. The van der Waals surface area contributed by atoms with Crippen LogP contribution in [0.2, 0.25) is 0 Å². The number of aromatic nitrogens is 4. The zero-order valence-electron chi connectivity index (χ0n) is 22.1. The van der Waals surface area contributed by atoms with E-state index in [0.29, 0.717) is 49.0 Å². The number of nitrogens with zero attached hydrogens (tertiary/aromatic N) is 6. The fraction of sp³-hybridized carbons (Fsp3) is 0.379. The number of imidazole rings is 1. The van der Waals surface area contributed by atoms with Crippen LogP contribution in [-0.2, 0) is 10.2 Å². The first-order chi connectivity index (χ1) is 19.4. The van der Waals surface area contributed by atoms with Crippen molar-refractivity contribution in [2.24, 2.45) is 11.7 Å². The van der Waals surface area contributed by atoms with E-state index in [1.165, 1.54) is 16.6 Å². The number of fused-ring (bicyclic) bond motifs is 1. The Morgan fingerprint density at radius 1 is 1.12 bits per heavy atom. The number of pyridine rings is 1. The van der Waals surface area contributed by atoms with E-state index in [0.717, 1.165) is 30.9 Å². The first-order valence-electron chi connectivity index (χ1n) is 13.4. The normalized spacial score (nSPS) is 20.8. The summed E-state index contributed by atoms with van der Waals surface area (Å²) in [6, 6.07) is 10.0. The smallest absolute Gasteiger partial charge is 0.229 e. The van der Waals surface area contributed by atoms with Crippen LogP contribution in [0.4, 0.5) is 26.1 Å². The standard InChI is InChI=1S/C29H30F2N8O/c1-18-10-20(33)16-38(15-18)26-4-7-34-14-25(26)36-28-35-13-21-2-3-24(37-39(21)28)27-22(30)11-19(12-23(27)31)29(17-32)5-8-40-9-6-29/h2-4,7,11-14,18,20H,5-6,8-10,15-16,33H2,1H3,(H,35,36)/t18-,20+/m1/s1. The number of ether oxygens (including phenoxy) is 1. The molecule has 206 valence electrons. The van der Waals surface area contributed by atoms with E-state index in [1.807, 2.05) is 6.07 Å². The molecule has 2 fully saturated rings. The molecule has 2 atom stereocenters. The van der Waals surface area contributed by atoms with Crippen LogP contribution in [-0.4, -0.2) is 51.9 Å². The molecule has 6 rings (SSSR count). The first-order valence-corrected chi connectivity index (χ1v) is 13.4. The number of hydrogen-bond acceptors (Lipinski definition) is 8. The highest BCUT2D eigenvalue weighted by Gasteiger charge is 2.36. The zero-order valence-corrected chi connectivity index (χ0v) is 22.1. The van der Waals surface area contributed by atoms with Gasteiger partial charge in [0.15, 0.2) is 0 Å². The van der Waals surface area contributed by atoms with E-state index >= 15 is 8.78 Å². The van der Waals surface area contributed by atoms with Gasteiger partial charge in [-0.25, -0.2) is 13.8 Å². The number of benzene rings is 1. The molecule has 4 aromatic rings. The molecule has 3 aromatic heterocycles. The molecule has 5 heterocycles. The summed E-state index contributed by atoms with van der Waals surface area (Å²) < 4.78 is 37.8. The van der Waals surface area contributed by atoms with Gasteiger partial charge in [0, 0.05) is 38.5 Å². The van der Waals surface area contributed by atoms with Gasteiger partial charge in [0.2, 0.25) is 5.95 Å². The van der Waals surface area contributed by atoms with Crippen LogP contribution in [0.15, 0.2) is 48.9 Å². The van der Waals surface area contributed by atoms with Gasteiger partial charge in [0.1, 0.15) is 11.6 Å². The van der Waals surface area contributed by atoms with Crippen LogP contribution >= 0.6 is 0 Å². The van der Waals surface area contributed by atoms with Crippen molar-refractivity contribution in [1.29, 1.82) is 5.26 Å². The maximum absolute atomic E-state index is 15.5. The Kier molecular flexibility index (Phi) is 6.82. The lowest BCUT2D eigenvalue weighted by atomic mass is 9.75. The number of nitriles is 1. The summed E-state index contributed by atoms with van der Waals surface area (Å²) in [6.07, 6.45) is 6.82. The third-order valence-corrected chi connectivity index (χ3v) is 7.87. The van der Waals surface area contributed by atoms with Crippen LogP contribution in [0.1, 0.15) is 31.7 Å². The molecule has 9 nitrogen and oxygen atoms in total. The largest absolute Gasteiger partial charge is 0.381 e. The van der Waals surface area contributed by atoms with Gasteiger partial charge < -0.3 is 20.7 Å². The molecular formula is C29H30F2N8O. The summed E-state index contributed by atoms with van der Waals surface area (Å²) in [6.45, 7) is 4.52. The fourth-order valence-corrected chi connectivity index (χ4v) is 5.86. The summed E-state index contributed by atoms with van der Waals surface area (Å²) >= 11 is 0. The van der Waals surface area contributed by atoms with Gasteiger partial charge in [0.25, 0.3) is 0 Å². The summed E-state index contributed by atoms with van der Waals surface area (Å²) in [7, 11) is 0. The average Bonchev–Trinajstić information content (AvgIpc) is 3.34. The van der Waals surface area contributed by atoms with E-state index in [1.54, 1.807) is 30.7 Å². The lowest BCUT2D eigenvalue weighted by Crippen LogP contribution is -2.46. The minimum absolute atomic E-state index is 0.0758. The van der Waals surface area contributed by atoms with E-state index in [9.17, 15) is 5.26 Å². The fourth-order valence-electron chi connectivity index (χ4n) is 5.86. The summed E-state index contributed by atoms with van der Waals surface area (Å²) in [4.78, 5) is 11.0. The molecule has 0 spiro atoms. The Morgan fingerprint density at radius 2 is 1.90 bits per heavy atom. The summed E-state index contributed by atoms with van der Waals surface area (Å²) in [5.74, 6) is -0.721. The second-order valence-corrected chi connectivity index (χ2v) is 10.8. The Labute approximate surface area is 230 Å². The Morgan fingerprint density at radius 3 is 2.62 bits per heavy atom. The summed E-state index contributed by atoms with van der Waals surface area (Å²) in [5, 5.41) is 17.7. The van der Waals surface area contributed by atoms with Gasteiger partial charge in [-0.05, 0) is 61.1 Å². The average molecular weight is 545 g/mol. The van der Waals surface area contributed by atoms with Crippen LogP contribution in [0.5, 0.6) is 0 Å². The predicted molar refractivity (Wildman–Crippen MR) is 147 cm³/mol. The lowest BCUT2D eigenvalue weighted by Gasteiger charge is -2.37. The maximum Gasteiger partial charge on any atom is 0.229 e. The second-order valence-electron chi connectivity index (χ2n) is 10.8. The van der Waals surface area contributed by atoms with E-state index in [2.05, 4.69) is 38.3 Å². The lowest BCUT2D eigenvalue weighted by molar-refractivity contribution is 0.0674. The molecule has 2 saturated heterocycles. The van der Waals surface area contributed by atoms with Gasteiger partial charge in [0.05, 0.1) is 52.0 Å². The highest BCUT2D eigenvalue weighted by atomic mass is 19.1. The molecule has 0 aliphatic carbocycles. The monoisotopic (exact) mass is 544 g/mol. The highest BCUT2D eigenvalue weighted by molar-refractivity contribution is 5.74. The predicted octanol–water partition coefficient (Wildman–Crippen LogP) is 4.56. The van der Waals surface area contributed by atoms with Crippen molar-refractivity contribution in [2.75, 3.05) is 36.5 Å². The molecule has 11 heteroatoms. The van der Waals surface area contributed by atoms with Crippen molar-refractivity contribution in [3.63, 3.8) is 0 Å². The van der Waals surface area contributed by atoms with Crippen LogP contribution < -0.4 is 16.0 Å². The molecule has 0 saturated carbocycles. The minimum atomic E-state index is -0.977. The molecule has 0 bridgehead atoms. The van der Waals surface area contributed by atoms with E-state index in [-0.39, 0.29) is 17.3 Å². The van der Waals surface area contributed by atoms with Crippen molar-refractivity contribution in [3.05, 3.63) is 66.1 Å². The van der Waals surface area contributed by atoms with Gasteiger partial charge in [-0.15, -0.1) is 0 Å². The molecule has 40 heavy (non-hydrogen) atoms. The third-order valence-electron chi connectivity index (χ3n) is 7.87. The van der Waals surface area contributed by atoms with Gasteiger partial charge in [-0.3, -0.25) is 4.98 Å². The first kappa shape index (κ1) is 26.1. The second kappa shape index (κ2) is 10.4. The SMILES string of the molecule is C[C@@H]1C[C@H](N)CN(c2ccncc2Nc2ncc3ccc(-c4c(F)cc(C5(C#N)CCOCC5)cc4F)nn23)C1. The van der Waals surface area contributed by atoms with E-state index in [4.69, 9.17) is 10.5 Å². The van der Waals surface area contributed by atoms with Crippen LogP contribution in [0.25, 0.3) is 16.8 Å². The number of piperidine rings is 1. The number of nitrogens with one attached hydrogen (secondary N) is 1. The van der Waals surface area contributed by atoms with Gasteiger partial charge in [-0.2, -0.15) is 14.9 Å². The van der Waals surface area contributed by atoms with E-state index < -0.39 is 17.0 Å². The molecule has 0 radical (unpaired) electrons. The van der Waals surface area contributed by atoms with Crippen molar-refractivity contribution < 1.29 is 13.5 Å². The Bertz CT molecular complexity index is 1560. The number of halogens is 2. The Hall–Kier alpha value is -4.14. The molecule has 2 aliphatic rings. The van der Waals surface area contributed by atoms with Crippen molar-refractivity contribution in [1.82, 2.24) is 19.6 Å². The molecule has 0 unspecified atom stereocenters. The topological polar surface area (TPSA) is 117 Å². The molecule has 1 aromatic carbocycles. The third kappa shape index (κ3) is 4.74. The number of nitrogens with two attached hydrogens (primary N) is 1. The van der Waals surface area contributed by atoms with Gasteiger partial charge in [-0.1, -0.05) is 6.92 Å². The van der Waals surface area contributed by atoms with Crippen LogP contribution in [0.3, 0.4) is 0 Å². The highest BCUT2D eigenvalue weighted by Crippen LogP contribution is 2.38. The number of rotatable bonds is 5. The quantitative estimate of drug-likeness (QED) is 0.376. The van der Waals surface area contributed by atoms with Gasteiger partial charge >= 0.3 is 0 Å². The minimum Gasteiger partial charge on any atom is -0.381 e. The number of anilines is 3. The Balaban J connectivity index is 1.34.